The predicted molar refractivity (Wildman–Crippen MR) is 47.2 cm³/mol. The Morgan fingerprint density at radius 3 is 2.67 bits per heavy atom. The monoisotopic (exact) mass is 194 g/mol. The van der Waals surface area contributed by atoms with Crippen molar-refractivity contribution < 1.29 is 19.7 Å². The van der Waals surface area contributed by atoms with Crippen LogP contribution in [0.2, 0.25) is 0 Å². The molecule has 0 aromatic rings. The largest absolute Gasteiger partial charge is 0.479 e. The van der Waals surface area contributed by atoms with Crippen molar-refractivity contribution in [1.29, 1.82) is 0 Å². The first-order valence-electron chi connectivity index (χ1n) is 3.72. The van der Waals surface area contributed by atoms with Crippen molar-refractivity contribution in [3.8, 4) is 0 Å². The van der Waals surface area contributed by atoms with Gasteiger partial charge in [-0.1, -0.05) is 6.92 Å². The standard InChI is InChI=1S/C7H14O4S/c1-3-11-4-5(2)12-7(10)6(8)9/h5,7,10H,3-4H2,1-2H3,(H,8,9). The van der Waals surface area contributed by atoms with Crippen LogP contribution < -0.4 is 0 Å². The lowest BCUT2D eigenvalue weighted by atomic mass is 10.5. The number of thioether (sulfide) groups is 1. The highest BCUT2D eigenvalue weighted by Crippen LogP contribution is 2.15. The second kappa shape index (κ2) is 6.28. The topological polar surface area (TPSA) is 66.8 Å². The molecule has 0 spiro atoms. The number of aliphatic hydroxyl groups is 1. The molecule has 0 saturated carbocycles. The maximum Gasteiger partial charge on any atom is 0.343 e. The molecule has 12 heavy (non-hydrogen) atoms. The van der Waals surface area contributed by atoms with Gasteiger partial charge in [-0.2, -0.15) is 0 Å². The summed E-state index contributed by atoms with van der Waals surface area (Å²) >= 11 is 0.979. The molecule has 0 aromatic heterocycles. The quantitative estimate of drug-likeness (QED) is 0.604. The zero-order valence-electron chi connectivity index (χ0n) is 7.19. The molecule has 0 aliphatic heterocycles. The smallest absolute Gasteiger partial charge is 0.343 e. The average molecular weight is 194 g/mol. The van der Waals surface area contributed by atoms with Gasteiger partial charge in [-0.3, -0.25) is 0 Å². The fraction of sp³-hybridized carbons (Fsp3) is 0.857. The molecular weight excluding hydrogens is 180 g/mol. The molecule has 2 atom stereocenters. The molecule has 0 aromatic carbocycles. The summed E-state index contributed by atoms with van der Waals surface area (Å²) in [6.07, 6.45) is 0. The van der Waals surface area contributed by atoms with Crippen molar-refractivity contribution in [2.24, 2.45) is 0 Å². The Morgan fingerprint density at radius 2 is 2.25 bits per heavy atom. The van der Waals surface area contributed by atoms with E-state index in [4.69, 9.17) is 14.9 Å². The molecule has 0 aliphatic rings. The molecule has 0 aliphatic carbocycles. The van der Waals surface area contributed by atoms with E-state index >= 15 is 0 Å². The Hall–Kier alpha value is -0.260. The number of ether oxygens (including phenoxy) is 1. The Bertz CT molecular complexity index is 139. The predicted octanol–water partition coefficient (Wildman–Crippen LogP) is 0.548. The number of hydrogen-bond acceptors (Lipinski definition) is 4. The Morgan fingerprint density at radius 1 is 1.67 bits per heavy atom. The average Bonchev–Trinajstić information content (AvgIpc) is 2.00. The van der Waals surface area contributed by atoms with E-state index in [1.54, 1.807) is 0 Å². The second-order valence-electron chi connectivity index (χ2n) is 2.30. The highest BCUT2D eigenvalue weighted by Gasteiger charge is 2.17. The normalized spacial score (nSPS) is 15.6. The van der Waals surface area contributed by atoms with E-state index in [1.165, 1.54) is 0 Å². The number of aliphatic carboxylic acids is 1. The molecule has 5 heteroatoms. The van der Waals surface area contributed by atoms with Crippen LogP contribution in [0.3, 0.4) is 0 Å². The van der Waals surface area contributed by atoms with Crippen LogP contribution >= 0.6 is 11.8 Å². The van der Waals surface area contributed by atoms with Gasteiger partial charge in [0.1, 0.15) is 0 Å². The SMILES string of the molecule is CCOCC(C)SC(O)C(=O)O. The lowest BCUT2D eigenvalue weighted by molar-refractivity contribution is -0.141. The zero-order chi connectivity index (χ0) is 9.56. The minimum atomic E-state index is -1.35. The van der Waals surface area contributed by atoms with Gasteiger partial charge in [-0.15, -0.1) is 11.8 Å². The Kier molecular flexibility index (Phi) is 6.14. The zero-order valence-corrected chi connectivity index (χ0v) is 8.00. The van der Waals surface area contributed by atoms with Gasteiger partial charge in [0.25, 0.3) is 0 Å². The number of carboxylic acids is 1. The molecule has 2 unspecified atom stereocenters. The Labute approximate surface area is 75.9 Å². The van der Waals surface area contributed by atoms with E-state index in [0.717, 1.165) is 11.8 Å². The van der Waals surface area contributed by atoms with Gasteiger partial charge in [0.15, 0.2) is 5.44 Å². The van der Waals surface area contributed by atoms with Crippen LogP contribution in [0.1, 0.15) is 13.8 Å². The van der Waals surface area contributed by atoms with Crippen molar-refractivity contribution in [2.75, 3.05) is 13.2 Å². The molecule has 0 bridgehead atoms. The number of carboxylic acid groups (broad SMARTS) is 1. The van der Waals surface area contributed by atoms with E-state index in [9.17, 15) is 4.79 Å². The summed E-state index contributed by atoms with van der Waals surface area (Å²) in [6, 6.07) is 0. The van der Waals surface area contributed by atoms with Crippen molar-refractivity contribution >= 4 is 17.7 Å². The summed E-state index contributed by atoms with van der Waals surface area (Å²) in [5, 5.41) is 17.2. The number of aliphatic hydroxyl groups excluding tert-OH is 1. The highest BCUT2D eigenvalue weighted by atomic mass is 32.2. The van der Waals surface area contributed by atoms with Gasteiger partial charge in [-0.05, 0) is 6.92 Å². The minimum absolute atomic E-state index is 0.00366. The highest BCUT2D eigenvalue weighted by molar-refractivity contribution is 8.01. The fourth-order valence-corrected chi connectivity index (χ4v) is 1.33. The minimum Gasteiger partial charge on any atom is -0.479 e. The first-order valence-corrected chi connectivity index (χ1v) is 4.66. The first-order chi connectivity index (χ1) is 5.57. The summed E-state index contributed by atoms with van der Waals surface area (Å²) < 4.78 is 5.05. The third-order valence-corrected chi connectivity index (χ3v) is 2.19. The molecule has 72 valence electrons. The van der Waals surface area contributed by atoms with Crippen LogP contribution in [0.5, 0.6) is 0 Å². The van der Waals surface area contributed by atoms with Crippen LogP contribution in [0.25, 0.3) is 0 Å². The summed E-state index contributed by atoms with van der Waals surface area (Å²) in [6.45, 7) is 4.75. The van der Waals surface area contributed by atoms with Gasteiger partial charge in [0.05, 0.1) is 6.61 Å². The van der Waals surface area contributed by atoms with E-state index in [1.807, 2.05) is 13.8 Å². The van der Waals surface area contributed by atoms with Gasteiger partial charge < -0.3 is 14.9 Å². The fourth-order valence-electron chi connectivity index (χ4n) is 0.601. The van der Waals surface area contributed by atoms with Gasteiger partial charge in [0, 0.05) is 11.9 Å². The summed E-state index contributed by atoms with van der Waals surface area (Å²) in [7, 11) is 0. The maximum absolute atomic E-state index is 10.2. The lowest BCUT2D eigenvalue weighted by Crippen LogP contribution is -2.20. The van der Waals surface area contributed by atoms with Crippen LogP contribution in [0.15, 0.2) is 0 Å². The summed E-state index contributed by atoms with van der Waals surface area (Å²) in [4.78, 5) is 10.2. The molecule has 0 heterocycles. The summed E-state index contributed by atoms with van der Waals surface area (Å²) in [5.74, 6) is -1.21. The van der Waals surface area contributed by atoms with Gasteiger partial charge in [-0.25, -0.2) is 4.79 Å². The van der Waals surface area contributed by atoms with E-state index < -0.39 is 11.4 Å². The van der Waals surface area contributed by atoms with Crippen LogP contribution in [-0.4, -0.2) is 40.1 Å². The molecule has 0 radical (unpaired) electrons. The number of carbonyl (C=O) groups is 1. The molecule has 0 rings (SSSR count). The molecule has 0 amide bonds. The molecular formula is C7H14O4S. The first kappa shape index (κ1) is 11.7. The van der Waals surface area contributed by atoms with E-state index in [-0.39, 0.29) is 5.25 Å². The van der Waals surface area contributed by atoms with Crippen LogP contribution in [0.4, 0.5) is 0 Å². The van der Waals surface area contributed by atoms with Crippen LogP contribution in [0, 0.1) is 0 Å². The summed E-state index contributed by atoms with van der Waals surface area (Å²) in [5.41, 5.74) is -1.35. The molecule has 2 N–H and O–H groups in total. The van der Waals surface area contributed by atoms with Crippen LogP contribution in [-0.2, 0) is 9.53 Å². The van der Waals surface area contributed by atoms with Crippen molar-refractivity contribution in [3.05, 3.63) is 0 Å². The Balaban J connectivity index is 3.53. The van der Waals surface area contributed by atoms with Gasteiger partial charge in [0.2, 0.25) is 0 Å². The molecule has 0 saturated heterocycles. The van der Waals surface area contributed by atoms with E-state index in [0.29, 0.717) is 13.2 Å². The maximum atomic E-state index is 10.2. The van der Waals surface area contributed by atoms with E-state index in [2.05, 4.69) is 0 Å². The second-order valence-corrected chi connectivity index (χ2v) is 3.82. The van der Waals surface area contributed by atoms with Crippen molar-refractivity contribution in [3.63, 3.8) is 0 Å². The third-order valence-electron chi connectivity index (χ3n) is 1.13. The van der Waals surface area contributed by atoms with Gasteiger partial charge >= 0.3 is 5.97 Å². The molecule has 0 fully saturated rings. The molecule has 4 nitrogen and oxygen atoms in total. The number of rotatable bonds is 6. The third kappa shape index (κ3) is 5.40. The lowest BCUT2D eigenvalue weighted by Gasteiger charge is -2.12. The van der Waals surface area contributed by atoms with Crippen molar-refractivity contribution in [2.45, 2.75) is 24.5 Å². The number of hydrogen-bond donors (Lipinski definition) is 2. The van der Waals surface area contributed by atoms with Crippen molar-refractivity contribution in [1.82, 2.24) is 0 Å².